The van der Waals surface area contributed by atoms with Gasteiger partial charge >= 0.3 is 11.9 Å². The highest BCUT2D eigenvalue weighted by Crippen LogP contribution is 2.38. The minimum Gasteiger partial charge on any atom is -0.756 e. The molecule has 0 aromatic carbocycles. The highest BCUT2D eigenvalue weighted by Gasteiger charge is 2.22. The third kappa shape index (κ3) is 81.6. The van der Waals surface area contributed by atoms with E-state index in [0.717, 1.165) is 89.9 Å². The average Bonchev–Trinajstić information content (AvgIpc) is 1.08. The minimum absolute atomic E-state index is 0.0322. The van der Waals surface area contributed by atoms with Gasteiger partial charge in [0.2, 0.25) is 0 Å². The van der Waals surface area contributed by atoms with E-state index < -0.39 is 26.5 Å². The SMILES string of the molecule is CC/C=C\C/C=C\C/C=C\C/C=C\C/C=C\C/C=C\CCCCCCCCCCCCCCCCC(=O)OC(COC(=O)CCCCCCCCCCCCCCCCCCCCCCCCCCCC/C=C\C/C=C\C/C=C\CCCCCCC)COP(=O)([O-])OCC[N+](C)(C)C. The number of unbranched alkanes of at least 4 members (excludes halogenated alkanes) is 45. The van der Waals surface area contributed by atoms with Crippen LogP contribution in [0.4, 0.5) is 0 Å². The molecule has 0 radical (unpaired) electrons. The molecule has 0 spiro atoms. The van der Waals surface area contributed by atoms with E-state index in [0.29, 0.717) is 17.4 Å². The van der Waals surface area contributed by atoms with Gasteiger partial charge in [-0.25, -0.2) is 0 Å². The molecule has 0 heterocycles. The van der Waals surface area contributed by atoms with Gasteiger partial charge < -0.3 is 27.9 Å². The van der Waals surface area contributed by atoms with Crippen molar-refractivity contribution >= 4 is 19.8 Å². The minimum atomic E-state index is -4.65. The van der Waals surface area contributed by atoms with E-state index in [4.69, 9.17) is 18.5 Å². The molecule has 10 heteroatoms. The Bertz CT molecular complexity index is 2030. The smallest absolute Gasteiger partial charge is 0.306 e. The molecule has 0 rings (SSSR count). The molecule has 0 saturated heterocycles. The lowest BCUT2D eigenvalue weighted by atomic mass is 10.0. The number of rotatable bonds is 77. The summed E-state index contributed by atoms with van der Waals surface area (Å²) in [6, 6.07) is 0. The van der Waals surface area contributed by atoms with Crippen LogP contribution in [0.1, 0.15) is 386 Å². The molecule has 2 atom stereocenters. The van der Waals surface area contributed by atoms with Gasteiger partial charge in [-0.15, -0.1) is 0 Å². The topological polar surface area (TPSA) is 111 Å². The Morgan fingerprint density at radius 1 is 0.327 bits per heavy atom. The zero-order chi connectivity index (χ0) is 71.1. The molecule has 2 unspecified atom stereocenters. The Morgan fingerprint density at radius 2 is 0.582 bits per heavy atom. The van der Waals surface area contributed by atoms with Crippen molar-refractivity contribution in [2.45, 2.75) is 392 Å². The van der Waals surface area contributed by atoms with Crippen molar-refractivity contribution in [3.05, 3.63) is 109 Å². The van der Waals surface area contributed by atoms with Gasteiger partial charge in [0, 0.05) is 12.8 Å². The van der Waals surface area contributed by atoms with Gasteiger partial charge in [0.25, 0.3) is 7.82 Å². The van der Waals surface area contributed by atoms with Crippen LogP contribution in [0.2, 0.25) is 0 Å². The van der Waals surface area contributed by atoms with Crippen LogP contribution in [0.15, 0.2) is 109 Å². The lowest BCUT2D eigenvalue weighted by molar-refractivity contribution is -0.870. The fraction of sp³-hybridized carbons (Fsp3) is 0.773. The molecule has 0 aromatic heterocycles. The predicted octanol–water partition coefficient (Wildman–Crippen LogP) is 27.3. The zero-order valence-corrected chi connectivity index (χ0v) is 65.9. The summed E-state index contributed by atoms with van der Waals surface area (Å²) >= 11 is 0. The third-order valence-electron chi connectivity index (χ3n) is 18.3. The summed E-state index contributed by atoms with van der Waals surface area (Å²) in [5.41, 5.74) is 0. The number of carbonyl (C=O) groups is 2. The summed E-state index contributed by atoms with van der Waals surface area (Å²) < 4.78 is 34.4. The van der Waals surface area contributed by atoms with Crippen molar-refractivity contribution in [1.29, 1.82) is 0 Å². The van der Waals surface area contributed by atoms with Crippen LogP contribution in [0.3, 0.4) is 0 Å². The number of phosphoric acid groups is 1. The molecule has 0 saturated carbocycles. The number of phosphoric ester groups is 1. The molecule has 0 bridgehead atoms. The number of ether oxygens (including phenoxy) is 2. The first-order valence-corrected chi connectivity index (χ1v) is 43.1. The number of hydrogen-bond acceptors (Lipinski definition) is 8. The average molecular weight is 1390 g/mol. The standard InChI is InChI=1S/C88H158NO8P/c1-6-8-10-12-14-16-18-20-22-24-26-28-30-32-34-36-38-40-41-42-43-44-45-46-47-49-50-52-54-56-58-60-62-64-66-68-70-72-74-76-78-80-87(90)94-84-86(85-96-98(92,93)95-83-82-89(3,4)5)97-88(91)81-79-77-75-73-71-69-67-65-63-61-59-57-55-53-51-48-39-37-35-33-31-29-27-25-23-21-19-17-15-13-11-9-7-2/h9,11,15,17-18,20-21,23-24,26-27,29-30,32-33,35,39,48,86H,6-8,10,12-14,16,19,22,25,28,31,34,36-38,40-47,49-85H2,1-5H3/b11-9-,17-15-,20-18-,23-21-,26-24-,29-27-,32-30-,35-33-,48-39-. The second kappa shape index (κ2) is 77.8. The van der Waals surface area contributed by atoms with Crippen molar-refractivity contribution in [2.24, 2.45) is 0 Å². The Balaban J connectivity index is 3.91. The number of carbonyl (C=O) groups excluding carboxylic acids is 2. The van der Waals surface area contributed by atoms with E-state index >= 15 is 0 Å². The van der Waals surface area contributed by atoms with Crippen LogP contribution in [-0.2, 0) is 32.7 Å². The molecule has 0 aliphatic rings. The van der Waals surface area contributed by atoms with E-state index in [2.05, 4.69) is 123 Å². The van der Waals surface area contributed by atoms with Gasteiger partial charge in [0.1, 0.15) is 19.8 Å². The Morgan fingerprint density at radius 3 is 0.867 bits per heavy atom. The second-order valence-corrected chi connectivity index (χ2v) is 30.5. The molecule has 0 amide bonds. The Labute approximate surface area is 607 Å². The maximum atomic E-state index is 12.9. The maximum Gasteiger partial charge on any atom is 0.306 e. The number of hydrogen-bond donors (Lipinski definition) is 0. The number of quaternary nitrogens is 1. The molecule has 0 aliphatic heterocycles. The van der Waals surface area contributed by atoms with E-state index in [9.17, 15) is 19.0 Å². The molecule has 0 N–H and O–H groups in total. The van der Waals surface area contributed by atoms with Crippen LogP contribution in [-0.4, -0.2) is 70.0 Å². The van der Waals surface area contributed by atoms with E-state index in [1.54, 1.807) is 0 Å². The second-order valence-electron chi connectivity index (χ2n) is 29.1. The summed E-state index contributed by atoms with van der Waals surface area (Å²) in [6.45, 7) is 4.16. The summed E-state index contributed by atoms with van der Waals surface area (Å²) in [5, 5.41) is 0. The monoisotopic (exact) mass is 1390 g/mol. The van der Waals surface area contributed by atoms with Crippen LogP contribution >= 0.6 is 7.82 Å². The van der Waals surface area contributed by atoms with Crippen LogP contribution in [0.25, 0.3) is 0 Å². The molecule has 0 aliphatic carbocycles. The lowest BCUT2D eigenvalue weighted by Gasteiger charge is -2.28. The molecule has 0 aromatic rings. The zero-order valence-electron chi connectivity index (χ0n) is 65.0. The first-order valence-electron chi connectivity index (χ1n) is 41.6. The number of allylic oxidation sites excluding steroid dienone is 18. The predicted molar refractivity (Wildman–Crippen MR) is 425 cm³/mol. The molecule has 568 valence electrons. The molecular weight excluding hydrogens is 1230 g/mol. The number of likely N-dealkylation sites (N-methyl/N-ethyl adjacent to an activating group) is 1. The normalized spacial score (nSPS) is 13.6. The number of esters is 2. The van der Waals surface area contributed by atoms with Gasteiger partial charge in [-0.2, -0.15) is 0 Å². The Hall–Kier alpha value is -3.33. The van der Waals surface area contributed by atoms with Crippen molar-refractivity contribution in [3.8, 4) is 0 Å². The van der Waals surface area contributed by atoms with Gasteiger partial charge in [-0.1, -0.05) is 380 Å². The highest BCUT2D eigenvalue weighted by molar-refractivity contribution is 7.45. The Kier molecular flexibility index (Phi) is 75.2. The first kappa shape index (κ1) is 94.7. The molecule has 9 nitrogen and oxygen atoms in total. The quantitative estimate of drug-likeness (QED) is 0.0195. The first-order chi connectivity index (χ1) is 48.0. The van der Waals surface area contributed by atoms with Crippen molar-refractivity contribution in [1.82, 2.24) is 0 Å². The van der Waals surface area contributed by atoms with E-state index in [-0.39, 0.29) is 32.0 Å². The molecule has 0 fully saturated rings. The lowest BCUT2D eigenvalue weighted by Crippen LogP contribution is -2.37. The summed E-state index contributed by atoms with van der Waals surface area (Å²) in [6.07, 6.45) is 111. The summed E-state index contributed by atoms with van der Waals surface area (Å²) in [4.78, 5) is 38.2. The van der Waals surface area contributed by atoms with Crippen molar-refractivity contribution in [2.75, 3.05) is 47.5 Å². The number of nitrogens with zero attached hydrogens (tertiary/aromatic N) is 1. The largest absolute Gasteiger partial charge is 0.756 e. The van der Waals surface area contributed by atoms with Crippen LogP contribution in [0, 0.1) is 0 Å². The van der Waals surface area contributed by atoms with E-state index in [1.165, 1.54) is 263 Å². The van der Waals surface area contributed by atoms with Gasteiger partial charge in [-0.3, -0.25) is 14.2 Å². The molecular formula is C88H158NO8P. The molecule has 98 heavy (non-hydrogen) atoms. The fourth-order valence-electron chi connectivity index (χ4n) is 12.0. The van der Waals surface area contributed by atoms with E-state index in [1.807, 2.05) is 21.1 Å². The van der Waals surface area contributed by atoms with Gasteiger partial charge in [-0.05, 0) is 103 Å². The summed E-state index contributed by atoms with van der Waals surface area (Å²) in [7, 11) is 1.17. The van der Waals surface area contributed by atoms with Gasteiger partial charge in [0.05, 0.1) is 27.7 Å². The van der Waals surface area contributed by atoms with Gasteiger partial charge in [0.15, 0.2) is 6.10 Å². The van der Waals surface area contributed by atoms with Crippen LogP contribution in [0.5, 0.6) is 0 Å². The third-order valence-corrected chi connectivity index (χ3v) is 19.2. The summed E-state index contributed by atoms with van der Waals surface area (Å²) in [5.74, 6) is -0.820. The van der Waals surface area contributed by atoms with Crippen molar-refractivity contribution in [3.63, 3.8) is 0 Å². The van der Waals surface area contributed by atoms with Crippen LogP contribution < -0.4 is 4.89 Å². The fourth-order valence-corrected chi connectivity index (χ4v) is 12.7. The maximum absolute atomic E-state index is 12.9. The van der Waals surface area contributed by atoms with Crippen molar-refractivity contribution < 1.29 is 42.1 Å². The highest BCUT2D eigenvalue weighted by atomic mass is 31.2.